The van der Waals surface area contributed by atoms with Gasteiger partial charge in [-0.05, 0) is 61.7 Å². The number of benzene rings is 2. The highest BCUT2D eigenvalue weighted by Gasteiger charge is 2.28. The van der Waals surface area contributed by atoms with Crippen LogP contribution < -0.4 is 9.62 Å². The number of nitrogens with one attached hydrogen (secondary N) is 1. The van der Waals surface area contributed by atoms with E-state index >= 15 is 0 Å². The van der Waals surface area contributed by atoms with E-state index in [-0.39, 0.29) is 17.4 Å². The van der Waals surface area contributed by atoms with Gasteiger partial charge >= 0.3 is 5.97 Å². The Hall–Kier alpha value is -2.94. The maximum absolute atomic E-state index is 13.0. The van der Waals surface area contributed by atoms with E-state index in [9.17, 15) is 22.4 Å². The van der Waals surface area contributed by atoms with Crippen LogP contribution in [-0.4, -0.2) is 39.2 Å². The second-order valence-electron chi connectivity index (χ2n) is 7.26. The van der Waals surface area contributed by atoms with Gasteiger partial charge in [0.1, 0.15) is 5.82 Å². The molecule has 7 nitrogen and oxygen atoms in total. The van der Waals surface area contributed by atoms with E-state index in [1.54, 1.807) is 31.2 Å². The number of anilines is 1. The lowest BCUT2D eigenvalue weighted by atomic mass is 10.1. The molecule has 9 heteroatoms. The number of carbonyl (C=O) groups is 2. The molecule has 0 bridgehead atoms. The number of ether oxygens (including phenoxy) is 1. The molecule has 1 aliphatic rings. The Kier molecular flexibility index (Phi) is 6.12. The van der Waals surface area contributed by atoms with E-state index in [1.807, 2.05) is 0 Å². The average Bonchev–Trinajstić information content (AvgIpc) is 3.11. The minimum absolute atomic E-state index is 0.246. The number of fused-ring (bicyclic) bond motifs is 1. The van der Waals surface area contributed by atoms with Crippen molar-refractivity contribution in [3.05, 3.63) is 65.0 Å². The standard InChI is InChI=1S/C21H23FN2O5S/c1-13(15-4-7-18(22)8-5-15)23-20(25)14(2)29-21(26)17-6-9-19-16(12-17)10-11-24(19)30(3,27)28/h4-9,12-14H,10-11H2,1-3H3,(H,23,25). The van der Waals surface area contributed by atoms with Crippen LogP contribution in [0.25, 0.3) is 0 Å². The summed E-state index contributed by atoms with van der Waals surface area (Å²) in [5.41, 5.74) is 2.25. The molecule has 0 fully saturated rings. The quantitative estimate of drug-likeness (QED) is 0.706. The number of halogens is 1. The summed E-state index contributed by atoms with van der Waals surface area (Å²) in [6.45, 7) is 3.53. The summed E-state index contributed by atoms with van der Waals surface area (Å²) in [6, 6.07) is 10.0. The predicted molar refractivity (Wildman–Crippen MR) is 110 cm³/mol. The summed E-state index contributed by atoms with van der Waals surface area (Å²) in [5, 5.41) is 2.72. The fourth-order valence-electron chi connectivity index (χ4n) is 3.29. The maximum atomic E-state index is 13.0. The van der Waals surface area contributed by atoms with Gasteiger partial charge in [0.2, 0.25) is 10.0 Å². The molecule has 160 valence electrons. The zero-order valence-corrected chi connectivity index (χ0v) is 17.7. The van der Waals surface area contributed by atoms with Gasteiger partial charge in [-0.2, -0.15) is 0 Å². The summed E-state index contributed by atoms with van der Waals surface area (Å²) in [4.78, 5) is 24.8. The lowest BCUT2D eigenvalue weighted by Crippen LogP contribution is -2.37. The second-order valence-corrected chi connectivity index (χ2v) is 9.16. The fourth-order valence-corrected chi connectivity index (χ4v) is 4.25. The van der Waals surface area contributed by atoms with Gasteiger partial charge in [-0.25, -0.2) is 17.6 Å². The smallest absolute Gasteiger partial charge is 0.338 e. The second kappa shape index (κ2) is 8.43. The molecule has 1 aliphatic heterocycles. The van der Waals surface area contributed by atoms with Crippen molar-refractivity contribution >= 4 is 27.6 Å². The molecule has 0 saturated heterocycles. The van der Waals surface area contributed by atoms with Crippen LogP contribution in [0, 0.1) is 5.82 Å². The fraction of sp³-hybridized carbons (Fsp3) is 0.333. The zero-order chi connectivity index (χ0) is 22.1. The third kappa shape index (κ3) is 4.79. The van der Waals surface area contributed by atoms with Crippen molar-refractivity contribution in [2.45, 2.75) is 32.4 Å². The number of amides is 1. The van der Waals surface area contributed by atoms with Gasteiger partial charge in [0, 0.05) is 6.54 Å². The Labute approximate surface area is 174 Å². The number of hydrogen-bond donors (Lipinski definition) is 1. The van der Waals surface area contributed by atoms with E-state index in [0.29, 0.717) is 18.7 Å². The van der Waals surface area contributed by atoms with Crippen LogP contribution in [0.1, 0.15) is 41.4 Å². The molecule has 2 aromatic carbocycles. The van der Waals surface area contributed by atoms with Crippen LogP contribution >= 0.6 is 0 Å². The van der Waals surface area contributed by atoms with Crippen molar-refractivity contribution in [1.29, 1.82) is 0 Å². The molecule has 1 N–H and O–H groups in total. The third-order valence-electron chi connectivity index (χ3n) is 4.95. The summed E-state index contributed by atoms with van der Waals surface area (Å²) in [5.74, 6) is -1.52. The van der Waals surface area contributed by atoms with Crippen molar-refractivity contribution in [2.24, 2.45) is 0 Å². The minimum atomic E-state index is -3.37. The Morgan fingerprint density at radius 3 is 2.43 bits per heavy atom. The molecule has 1 heterocycles. The normalized spacial score (nSPS) is 15.3. The van der Waals surface area contributed by atoms with E-state index in [2.05, 4.69) is 5.32 Å². The molecule has 0 aromatic heterocycles. The summed E-state index contributed by atoms with van der Waals surface area (Å²) in [7, 11) is -3.37. The van der Waals surface area contributed by atoms with Crippen LogP contribution in [0.5, 0.6) is 0 Å². The van der Waals surface area contributed by atoms with Crippen molar-refractivity contribution in [1.82, 2.24) is 5.32 Å². The summed E-state index contributed by atoms with van der Waals surface area (Å²) >= 11 is 0. The lowest BCUT2D eigenvalue weighted by Gasteiger charge is -2.19. The number of sulfonamides is 1. The first-order chi connectivity index (χ1) is 14.1. The van der Waals surface area contributed by atoms with Gasteiger partial charge in [-0.15, -0.1) is 0 Å². The van der Waals surface area contributed by atoms with Gasteiger partial charge in [-0.1, -0.05) is 12.1 Å². The largest absolute Gasteiger partial charge is 0.449 e. The molecule has 30 heavy (non-hydrogen) atoms. The number of rotatable bonds is 6. The Balaban J connectivity index is 1.63. The first-order valence-electron chi connectivity index (χ1n) is 9.43. The zero-order valence-electron chi connectivity index (χ0n) is 16.9. The highest BCUT2D eigenvalue weighted by atomic mass is 32.2. The SMILES string of the molecule is CC(OC(=O)c1ccc2c(c1)CCN2S(C)(=O)=O)C(=O)NC(C)c1ccc(F)cc1. The first-order valence-corrected chi connectivity index (χ1v) is 11.3. The number of esters is 1. The highest BCUT2D eigenvalue weighted by molar-refractivity contribution is 7.92. The topological polar surface area (TPSA) is 92.8 Å². The molecule has 2 atom stereocenters. The summed E-state index contributed by atoms with van der Waals surface area (Å²) < 4.78 is 43.2. The molecular weight excluding hydrogens is 411 g/mol. The Bertz CT molecular complexity index is 1070. The number of carbonyl (C=O) groups excluding carboxylic acids is 2. The van der Waals surface area contributed by atoms with Gasteiger partial charge < -0.3 is 10.1 Å². The maximum Gasteiger partial charge on any atom is 0.338 e. The minimum Gasteiger partial charge on any atom is -0.449 e. The van der Waals surface area contributed by atoms with Gasteiger partial charge in [-0.3, -0.25) is 9.10 Å². The van der Waals surface area contributed by atoms with Crippen LogP contribution in [0.15, 0.2) is 42.5 Å². The molecular formula is C21H23FN2O5S. The molecule has 2 aromatic rings. The van der Waals surface area contributed by atoms with Crippen molar-refractivity contribution in [3.63, 3.8) is 0 Å². The molecule has 3 rings (SSSR count). The molecule has 0 saturated carbocycles. The number of hydrogen-bond acceptors (Lipinski definition) is 5. The van der Waals surface area contributed by atoms with Gasteiger partial charge in [0.05, 0.1) is 23.5 Å². The average molecular weight is 434 g/mol. The van der Waals surface area contributed by atoms with Crippen LogP contribution in [0.3, 0.4) is 0 Å². The lowest BCUT2D eigenvalue weighted by molar-refractivity contribution is -0.129. The van der Waals surface area contributed by atoms with Gasteiger partial charge in [0.15, 0.2) is 6.10 Å². The first kappa shape index (κ1) is 21.8. The van der Waals surface area contributed by atoms with E-state index in [1.165, 1.54) is 29.4 Å². The van der Waals surface area contributed by atoms with E-state index < -0.39 is 28.0 Å². The highest BCUT2D eigenvalue weighted by Crippen LogP contribution is 2.31. The monoisotopic (exact) mass is 434 g/mol. The number of nitrogens with zero attached hydrogens (tertiary/aromatic N) is 1. The Morgan fingerprint density at radius 2 is 1.80 bits per heavy atom. The van der Waals surface area contributed by atoms with E-state index in [4.69, 9.17) is 4.74 Å². The molecule has 0 radical (unpaired) electrons. The van der Waals surface area contributed by atoms with Gasteiger partial charge in [0.25, 0.3) is 5.91 Å². The van der Waals surface area contributed by atoms with Crippen molar-refractivity contribution in [2.75, 3.05) is 17.1 Å². The van der Waals surface area contributed by atoms with Crippen LogP contribution in [0.4, 0.5) is 10.1 Å². The predicted octanol–water partition coefficient (Wildman–Crippen LogP) is 2.57. The van der Waals surface area contributed by atoms with E-state index in [0.717, 1.165) is 17.4 Å². The molecule has 0 spiro atoms. The summed E-state index contributed by atoms with van der Waals surface area (Å²) in [6.07, 6.45) is 0.591. The Morgan fingerprint density at radius 1 is 1.13 bits per heavy atom. The molecule has 0 aliphatic carbocycles. The van der Waals surface area contributed by atoms with Crippen molar-refractivity contribution < 1.29 is 27.1 Å². The third-order valence-corrected chi connectivity index (χ3v) is 6.13. The molecule has 2 unspecified atom stereocenters. The molecule has 1 amide bonds. The van der Waals surface area contributed by atoms with Crippen LogP contribution in [0.2, 0.25) is 0 Å². The van der Waals surface area contributed by atoms with Crippen LogP contribution in [-0.2, 0) is 26.0 Å². The van der Waals surface area contributed by atoms with Crippen molar-refractivity contribution in [3.8, 4) is 0 Å².